The van der Waals surface area contributed by atoms with Crippen LogP contribution in [-0.2, 0) is 6.54 Å². The fourth-order valence-corrected chi connectivity index (χ4v) is 2.35. The number of aromatic nitrogens is 2. The first kappa shape index (κ1) is 12.5. The predicted octanol–water partition coefficient (Wildman–Crippen LogP) is 3.46. The van der Waals surface area contributed by atoms with Gasteiger partial charge in [-0.05, 0) is 30.6 Å². The number of ether oxygens (including phenoxy) is 1. The molecule has 0 radical (unpaired) electrons. The van der Waals surface area contributed by atoms with Crippen molar-refractivity contribution < 1.29 is 4.74 Å². The zero-order valence-corrected chi connectivity index (χ0v) is 11.8. The van der Waals surface area contributed by atoms with E-state index in [2.05, 4.69) is 22.7 Å². The number of methoxy groups -OCH3 is 1. The molecule has 17 heavy (non-hydrogen) atoms. The largest absolute Gasteiger partial charge is 0.497 e. The summed E-state index contributed by atoms with van der Waals surface area (Å²) in [4.78, 5) is 3.22. The Labute approximate surface area is 110 Å². The predicted molar refractivity (Wildman–Crippen MR) is 76.7 cm³/mol. The molecule has 1 aromatic carbocycles. The molecule has 0 aliphatic rings. The summed E-state index contributed by atoms with van der Waals surface area (Å²) in [5.74, 6) is 0.858. The molecule has 0 spiro atoms. The highest BCUT2D eigenvalue weighted by Crippen LogP contribution is 2.22. The minimum atomic E-state index is 0.534. The molecule has 0 fully saturated rings. The highest BCUT2D eigenvalue weighted by molar-refractivity contribution is 7.99. The van der Waals surface area contributed by atoms with Crippen LogP contribution in [-0.4, -0.2) is 28.2 Å². The minimum absolute atomic E-state index is 0.534. The zero-order valence-electron chi connectivity index (χ0n) is 10.2. The van der Waals surface area contributed by atoms with E-state index in [0.29, 0.717) is 5.25 Å². The maximum Gasteiger partial charge on any atom is 0.178 e. The molecule has 1 N–H and O–H groups in total. The molecule has 0 bridgehead atoms. The van der Waals surface area contributed by atoms with Crippen molar-refractivity contribution >= 4 is 35.0 Å². The van der Waals surface area contributed by atoms with Gasteiger partial charge in [0.2, 0.25) is 0 Å². The Morgan fingerprint density at radius 2 is 2.29 bits per heavy atom. The SMILES string of the molecule is COc1ccc2[nH]c(=S)n(CC(C)SC)c2c1. The van der Waals surface area contributed by atoms with Gasteiger partial charge in [-0.3, -0.25) is 0 Å². The zero-order chi connectivity index (χ0) is 12.4. The number of benzene rings is 1. The summed E-state index contributed by atoms with van der Waals surface area (Å²) >= 11 is 7.19. The average Bonchev–Trinajstić information content (AvgIpc) is 2.65. The third-order valence-electron chi connectivity index (χ3n) is 2.82. The van der Waals surface area contributed by atoms with Gasteiger partial charge in [0.15, 0.2) is 4.77 Å². The van der Waals surface area contributed by atoms with Gasteiger partial charge in [0, 0.05) is 17.9 Å². The molecule has 3 nitrogen and oxygen atoms in total. The first-order valence-corrected chi connectivity index (χ1v) is 7.14. The Morgan fingerprint density at radius 1 is 1.53 bits per heavy atom. The van der Waals surface area contributed by atoms with Crippen molar-refractivity contribution in [3.05, 3.63) is 23.0 Å². The van der Waals surface area contributed by atoms with Crippen LogP contribution >= 0.6 is 24.0 Å². The van der Waals surface area contributed by atoms with E-state index in [-0.39, 0.29) is 0 Å². The molecule has 1 aromatic heterocycles. The van der Waals surface area contributed by atoms with Crippen LogP contribution < -0.4 is 4.74 Å². The highest BCUT2D eigenvalue weighted by Gasteiger charge is 2.08. The molecule has 0 saturated carbocycles. The first-order chi connectivity index (χ1) is 8.15. The summed E-state index contributed by atoms with van der Waals surface area (Å²) < 4.78 is 8.16. The van der Waals surface area contributed by atoms with E-state index in [9.17, 15) is 0 Å². The lowest BCUT2D eigenvalue weighted by Gasteiger charge is -2.10. The van der Waals surface area contributed by atoms with Gasteiger partial charge in [-0.25, -0.2) is 0 Å². The van der Waals surface area contributed by atoms with E-state index >= 15 is 0 Å². The highest BCUT2D eigenvalue weighted by atomic mass is 32.2. The lowest BCUT2D eigenvalue weighted by molar-refractivity contribution is 0.415. The van der Waals surface area contributed by atoms with Crippen molar-refractivity contribution in [3.63, 3.8) is 0 Å². The van der Waals surface area contributed by atoms with E-state index in [1.807, 2.05) is 30.0 Å². The van der Waals surface area contributed by atoms with Crippen molar-refractivity contribution in [1.82, 2.24) is 9.55 Å². The van der Waals surface area contributed by atoms with E-state index in [1.54, 1.807) is 7.11 Å². The van der Waals surface area contributed by atoms with Crippen molar-refractivity contribution in [3.8, 4) is 5.75 Å². The fourth-order valence-electron chi connectivity index (χ4n) is 1.77. The van der Waals surface area contributed by atoms with Crippen LogP contribution in [0, 0.1) is 4.77 Å². The van der Waals surface area contributed by atoms with Crippen LogP contribution in [0.3, 0.4) is 0 Å². The van der Waals surface area contributed by atoms with E-state index in [0.717, 1.165) is 28.1 Å². The molecule has 0 aliphatic carbocycles. The number of nitrogens with zero attached hydrogens (tertiary/aromatic N) is 1. The number of rotatable bonds is 4. The molecule has 1 heterocycles. The third-order valence-corrected chi connectivity index (χ3v) is 4.10. The summed E-state index contributed by atoms with van der Waals surface area (Å²) in [6.45, 7) is 3.11. The molecule has 1 atom stereocenters. The molecular weight excluding hydrogens is 252 g/mol. The van der Waals surface area contributed by atoms with Crippen LogP contribution in [0.15, 0.2) is 18.2 Å². The van der Waals surface area contributed by atoms with Gasteiger partial charge in [0.25, 0.3) is 0 Å². The van der Waals surface area contributed by atoms with E-state index < -0.39 is 0 Å². The number of aromatic amines is 1. The second kappa shape index (κ2) is 5.14. The quantitative estimate of drug-likeness (QED) is 0.861. The van der Waals surface area contributed by atoms with Crippen molar-refractivity contribution in [2.24, 2.45) is 0 Å². The molecule has 0 aliphatic heterocycles. The Kier molecular flexibility index (Phi) is 3.79. The fraction of sp³-hybridized carbons (Fsp3) is 0.417. The van der Waals surface area contributed by atoms with Crippen LogP contribution in [0.5, 0.6) is 5.75 Å². The molecule has 2 aromatic rings. The number of imidazole rings is 1. The van der Waals surface area contributed by atoms with Gasteiger partial charge in [-0.1, -0.05) is 6.92 Å². The summed E-state index contributed by atoms with van der Waals surface area (Å²) in [5, 5.41) is 0.534. The maximum atomic E-state index is 5.36. The first-order valence-electron chi connectivity index (χ1n) is 5.45. The van der Waals surface area contributed by atoms with Crippen LogP contribution in [0.2, 0.25) is 0 Å². The van der Waals surface area contributed by atoms with Gasteiger partial charge in [0.05, 0.1) is 18.1 Å². The molecule has 92 valence electrons. The molecule has 0 amide bonds. The van der Waals surface area contributed by atoms with Crippen molar-refractivity contribution in [2.45, 2.75) is 18.7 Å². The topological polar surface area (TPSA) is 29.9 Å². The molecule has 2 rings (SSSR count). The molecule has 1 unspecified atom stereocenters. The number of thioether (sulfide) groups is 1. The Hall–Kier alpha value is -0.940. The van der Waals surface area contributed by atoms with Crippen LogP contribution in [0.1, 0.15) is 6.92 Å². The van der Waals surface area contributed by atoms with Gasteiger partial charge in [-0.2, -0.15) is 11.8 Å². The smallest absolute Gasteiger partial charge is 0.178 e. The summed E-state index contributed by atoms with van der Waals surface area (Å²) in [7, 11) is 1.68. The number of fused-ring (bicyclic) bond motifs is 1. The minimum Gasteiger partial charge on any atom is -0.497 e. The molecular formula is C12H16N2OS2. The average molecular weight is 268 g/mol. The summed E-state index contributed by atoms with van der Waals surface area (Å²) in [5.41, 5.74) is 2.17. The lowest BCUT2D eigenvalue weighted by atomic mass is 10.3. The number of nitrogens with one attached hydrogen (secondary N) is 1. The lowest BCUT2D eigenvalue weighted by Crippen LogP contribution is -2.08. The van der Waals surface area contributed by atoms with Crippen molar-refractivity contribution in [1.29, 1.82) is 0 Å². The monoisotopic (exact) mass is 268 g/mol. The van der Waals surface area contributed by atoms with E-state index in [4.69, 9.17) is 17.0 Å². The number of H-pyrrole nitrogens is 1. The Balaban J connectivity index is 2.52. The van der Waals surface area contributed by atoms with Crippen molar-refractivity contribution in [2.75, 3.05) is 13.4 Å². The second-order valence-corrected chi connectivity index (χ2v) is 5.63. The van der Waals surface area contributed by atoms with E-state index in [1.165, 1.54) is 0 Å². The summed E-state index contributed by atoms with van der Waals surface area (Å²) in [6, 6.07) is 5.97. The van der Waals surface area contributed by atoms with Gasteiger partial charge in [0.1, 0.15) is 5.75 Å². The second-order valence-electron chi connectivity index (χ2n) is 3.97. The standard InChI is InChI=1S/C12H16N2OS2/c1-8(17-3)7-14-11-6-9(15-2)4-5-10(11)13-12(14)16/h4-6,8H,7H2,1-3H3,(H,13,16). The van der Waals surface area contributed by atoms with Crippen LogP contribution in [0.25, 0.3) is 11.0 Å². The van der Waals surface area contributed by atoms with Gasteiger partial charge in [-0.15, -0.1) is 0 Å². The van der Waals surface area contributed by atoms with Crippen LogP contribution in [0.4, 0.5) is 0 Å². The molecule has 0 saturated heterocycles. The van der Waals surface area contributed by atoms with Gasteiger partial charge < -0.3 is 14.3 Å². The Bertz CT molecular complexity index is 573. The normalized spacial score (nSPS) is 12.9. The Morgan fingerprint density at radius 3 is 2.94 bits per heavy atom. The van der Waals surface area contributed by atoms with Gasteiger partial charge >= 0.3 is 0 Å². The number of hydrogen-bond acceptors (Lipinski definition) is 3. The maximum absolute atomic E-state index is 5.36. The number of hydrogen-bond donors (Lipinski definition) is 1. The third kappa shape index (κ3) is 2.50. The summed E-state index contributed by atoms with van der Waals surface area (Å²) in [6.07, 6.45) is 2.11. The molecule has 5 heteroatoms.